The van der Waals surface area contributed by atoms with Crippen LogP contribution in [0.4, 0.5) is 0 Å². The molecule has 0 saturated heterocycles. The number of hydrogen-bond donors (Lipinski definition) is 1. The summed E-state index contributed by atoms with van der Waals surface area (Å²) in [4.78, 5) is 92.4. The van der Waals surface area contributed by atoms with Gasteiger partial charge in [0.15, 0.2) is 29.8 Å². The van der Waals surface area contributed by atoms with E-state index in [1.807, 2.05) is 19.9 Å². The summed E-state index contributed by atoms with van der Waals surface area (Å²) in [5, 5.41) is 0. The van der Waals surface area contributed by atoms with Crippen LogP contribution in [0.3, 0.4) is 0 Å². The molecule has 1 N–H and O–H groups in total. The number of H-pyrrole nitrogens is 1. The molecule has 3 unspecified atom stereocenters. The zero-order valence-corrected chi connectivity index (χ0v) is 34.6. The molecule has 0 amide bonds. The Morgan fingerprint density at radius 1 is 0.571 bits per heavy atom. The monoisotopic (exact) mass is 848 g/mol. The number of nitrogens with zero attached hydrogens (tertiary/aromatic N) is 3. The molecule has 320 valence electrons. The van der Waals surface area contributed by atoms with E-state index in [4.69, 9.17) is 18.9 Å². The van der Waals surface area contributed by atoms with E-state index in [1.165, 1.54) is 4.57 Å². The normalized spacial score (nSPS) is 12.5. The van der Waals surface area contributed by atoms with Crippen molar-refractivity contribution < 1.29 is 38.1 Å². The first-order valence-corrected chi connectivity index (χ1v) is 20.3. The lowest BCUT2D eigenvalue weighted by atomic mass is 10.0. The quantitative estimate of drug-likeness (QED) is 0.0695. The maximum atomic E-state index is 14.1. The van der Waals surface area contributed by atoms with Crippen LogP contribution in [0.1, 0.15) is 33.4 Å². The molecule has 14 heteroatoms. The van der Waals surface area contributed by atoms with Crippen molar-refractivity contribution in [1.29, 1.82) is 0 Å². The van der Waals surface area contributed by atoms with Crippen molar-refractivity contribution in [2.24, 2.45) is 0 Å². The Hall–Kier alpha value is -7.74. The molecule has 5 aromatic carbocycles. The predicted molar refractivity (Wildman–Crippen MR) is 232 cm³/mol. The molecule has 0 fully saturated rings. The average molecular weight is 849 g/mol. The van der Waals surface area contributed by atoms with Gasteiger partial charge in [0.1, 0.15) is 6.61 Å². The van der Waals surface area contributed by atoms with Gasteiger partial charge in [0.25, 0.3) is 5.56 Å². The van der Waals surface area contributed by atoms with Crippen LogP contribution in [0.25, 0.3) is 22.6 Å². The van der Waals surface area contributed by atoms with Gasteiger partial charge in [-0.1, -0.05) is 121 Å². The molecule has 14 nitrogen and oxygen atoms in total. The summed E-state index contributed by atoms with van der Waals surface area (Å²) in [7, 11) is 0. The highest BCUT2D eigenvalue weighted by Crippen LogP contribution is 2.27. The number of ether oxygens (including phenoxy) is 4. The van der Waals surface area contributed by atoms with Gasteiger partial charge in [-0.25, -0.2) is 9.78 Å². The Kier molecular flexibility index (Phi) is 13.9. The third-order valence-electron chi connectivity index (χ3n) is 10.3. The number of hydrogen-bond acceptors (Lipinski definition) is 12. The minimum absolute atomic E-state index is 0.124. The summed E-state index contributed by atoms with van der Waals surface area (Å²) in [5.74, 6) is -3.12. The van der Waals surface area contributed by atoms with Crippen LogP contribution < -0.4 is 11.2 Å². The molecule has 63 heavy (non-hydrogen) atoms. The molecule has 0 spiro atoms. The predicted octanol–water partition coefficient (Wildman–Crippen LogP) is 5.45. The summed E-state index contributed by atoms with van der Waals surface area (Å²) in [6.45, 7) is 2.71. The fourth-order valence-electron chi connectivity index (χ4n) is 7.10. The molecule has 0 radical (unpaired) electrons. The zero-order valence-electron chi connectivity index (χ0n) is 34.6. The third kappa shape index (κ3) is 11.6. The Morgan fingerprint density at radius 3 is 1.52 bits per heavy atom. The fourth-order valence-corrected chi connectivity index (χ4v) is 7.10. The van der Waals surface area contributed by atoms with Crippen molar-refractivity contribution in [3.05, 3.63) is 188 Å². The van der Waals surface area contributed by atoms with Crippen molar-refractivity contribution >= 4 is 34.9 Å². The number of aryl methyl sites for hydroxylation is 2. The molecule has 7 rings (SSSR count). The molecule has 2 aliphatic rings. The van der Waals surface area contributed by atoms with Crippen molar-refractivity contribution in [2.75, 3.05) is 6.61 Å². The van der Waals surface area contributed by atoms with Crippen molar-refractivity contribution in [3.8, 4) is 11.5 Å². The Morgan fingerprint density at radius 2 is 1.02 bits per heavy atom. The number of aromatic amines is 1. The number of benzene rings is 5. The molecule has 3 atom stereocenters. The highest BCUT2D eigenvalue weighted by molar-refractivity contribution is 5.81. The molecule has 0 aliphatic carbocycles. The Bertz CT molecular complexity index is 2800. The first kappa shape index (κ1) is 43.4. The van der Waals surface area contributed by atoms with E-state index >= 15 is 0 Å². The van der Waals surface area contributed by atoms with E-state index in [9.17, 15) is 28.8 Å². The molecular weight excluding hydrogens is 805 g/mol. The summed E-state index contributed by atoms with van der Waals surface area (Å²) in [6, 6.07) is 38.8. The second-order valence-corrected chi connectivity index (χ2v) is 15.0. The lowest BCUT2D eigenvalue weighted by molar-refractivity contribution is -0.192. The second-order valence-electron chi connectivity index (χ2n) is 15.0. The minimum atomic E-state index is -1.66. The molecule has 0 bridgehead atoms. The van der Waals surface area contributed by atoms with Crippen LogP contribution in [0, 0.1) is 13.8 Å². The van der Waals surface area contributed by atoms with E-state index in [1.54, 1.807) is 127 Å². The smallest absolute Gasteiger partial charge is 0.349 e. The zero-order chi connectivity index (χ0) is 44.3. The van der Waals surface area contributed by atoms with Gasteiger partial charge in [-0.2, -0.15) is 4.98 Å². The average Bonchev–Trinajstić information content (AvgIpc) is 3.26. The minimum Gasteiger partial charge on any atom is -0.461 e. The summed E-state index contributed by atoms with van der Waals surface area (Å²) < 4.78 is 25.9. The molecule has 5 aromatic rings. The SMILES string of the molecule is Cc1cc2nc3c(=O)[nH]c(=O)nc-3n(CC(OC(=O)Cc3ccccc3)C(OC(=O)Cc3ccccc3)C(COC(=O)Cc3ccccc3)OC(=O)Cc3ccccc3)c2cc1C. The second kappa shape index (κ2) is 20.2. The van der Waals surface area contributed by atoms with Crippen LogP contribution in [-0.2, 0) is 70.4 Å². The third-order valence-corrected chi connectivity index (χ3v) is 10.3. The van der Waals surface area contributed by atoms with Gasteiger partial charge in [0, 0.05) is 0 Å². The van der Waals surface area contributed by atoms with E-state index in [-0.39, 0.29) is 37.2 Å². The molecular formula is C49H44N4O10. The Balaban J connectivity index is 1.36. The standard InChI is InChI=1S/C49H44N4O10/c1-31-23-37-38(24-32(31)2)53(47-45(50-37)48(58)52-49(59)51-47)29-39(61-42(55)26-34-17-9-4-10-18-34)46(63-44(57)28-36-21-13-6-14-22-36)40(62-43(56)27-35-19-11-5-12-20-35)30-60-41(54)25-33-15-7-3-8-16-33/h3-24,39-40,46H,25-30H2,1-2H3,(H,52,58,59). The number of nitrogens with one attached hydrogen (secondary N) is 1. The lowest BCUT2D eigenvalue weighted by Gasteiger charge is -2.33. The number of carbonyl (C=O) groups excluding carboxylic acids is 4. The van der Waals surface area contributed by atoms with Gasteiger partial charge in [-0.3, -0.25) is 29.0 Å². The molecule has 0 saturated carbocycles. The molecule has 0 aromatic heterocycles. The van der Waals surface area contributed by atoms with E-state index in [2.05, 4.69) is 15.0 Å². The van der Waals surface area contributed by atoms with Crippen molar-refractivity contribution in [3.63, 3.8) is 0 Å². The first-order valence-electron chi connectivity index (χ1n) is 20.3. The largest absolute Gasteiger partial charge is 0.461 e. The maximum absolute atomic E-state index is 14.1. The highest BCUT2D eigenvalue weighted by Gasteiger charge is 2.40. The van der Waals surface area contributed by atoms with Gasteiger partial charge in [-0.15, -0.1) is 0 Å². The van der Waals surface area contributed by atoms with Crippen molar-refractivity contribution in [2.45, 2.75) is 64.4 Å². The molecule has 2 aliphatic heterocycles. The number of rotatable bonds is 17. The van der Waals surface area contributed by atoms with Crippen LogP contribution >= 0.6 is 0 Å². The van der Waals surface area contributed by atoms with Crippen molar-refractivity contribution in [1.82, 2.24) is 19.5 Å². The van der Waals surface area contributed by atoms with Crippen LogP contribution in [-0.4, -0.2) is 68.3 Å². The van der Waals surface area contributed by atoms with Crippen LogP contribution in [0.5, 0.6) is 0 Å². The molecule has 2 heterocycles. The number of esters is 4. The summed E-state index contributed by atoms with van der Waals surface area (Å²) >= 11 is 0. The van der Waals surface area contributed by atoms with Crippen LogP contribution in [0.15, 0.2) is 143 Å². The number of aromatic nitrogens is 4. The van der Waals surface area contributed by atoms with Gasteiger partial charge in [-0.05, 0) is 59.4 Å². The number of carbonyl (C=O) groups is 4. The van der Waals surface area contributed by atoms with E-state index < -0.39 is 66.6 Å². The van der Waals surface area contributed by atoms with Gasteiger partial charge < -0.3 is 23.5 Å². The van der Waals surface area contributed by atoms with Gasteiger partial charge in [0.05, 0.1) is 43.3 Å². The number of fused-ring (bicyclic) bond motifs is 2. The van der Waals surface area contributed by atoms with E-state index in [0.29, 0.717) is 33.3 Å². The maximum Gasteiger partial charge on any atom is 0.349 e. The first-order chi connectivity index (χ1) is 30.5. The fraction of sp³-hybridized carbons (Fsp3) is 0.224. The van der Waals surface area contributed by atoms with Gasteiger partial charge >= 0.3 is 29.6 Å². The van der Waals surface area contributed by atoms with E-state index in [0.717, 1.165) is 11.1 Å². The van der Waals surface area contributed by atoms with Crippen LogP contribution in [0.2, 0.25) is 0 Å². The Labute approximate surface area is 361 Å². The topological polar surface area (TPSA) is 186 Å². The van der Waals surface area contributed by atoms with Gasteiger partial charge in [0.2, 0.25) is 0 Å². The summed E-state index contributed by atoms with van der Waals surface area (Å²) in [5.41, 5.74) is 2.98. The highest BCUT2D eigenvalue weighted by atomic mass is 16.6. The lowest BCUT2D eigenvalue weighted by Crippen LogP contribution is -2.50. The summed E-state index contributed by atoms with van der Waals surface area (Å²) in [6.07, 6.45) is -5.54.